The van der Waals surface area contributed by atoms with Gasteiger partial charge in [-0.2, -0.15) is 0 Å². The summed E-state index contributed by atoms with van der Waals surface area (Å²) in [7, 11) is 0. The Morgan fingerprint density at radius 1 is 1.10 bits per heavy atom. The second-order valence-corrected chi connectivity index (χ2v) is 4.97. The summed E-state index contributed by atoms with van der Waals surface area (Å²) in [6, 6.07) is 18.3. The molecule has 0 aliphatic heterocycles. The van der Waals surface area contributed by atoms with E-state index in [0.717, 1.165) is 12.0 Å². The van der Waals surface area contributed by atoms with Crippen LogP contribution in [0.2, 0.25) is 0 Å². The molecule has 1 atom stereocenters. The lowest BCUT2D eigenvalue weighted by Gasteiger charge is -2.10. The summed E-state index contributed by atoms with van der Waals surface area (Å²) < 4.78 is 5.43. The molecule has 0 saturated heterocycles. The minimum absolute atomic E-state index is 0.154. The van der Waals surface area contributed by atoms with Crippen LogP contribution in [0.15, 0.2) is 54.6 Å². The van der Waals surface area contributed by atoms with E-state index in [1.54, 1.807) is 0 Å². The van der Waals surface area contributed by atoms with Gasteiger partial charge in [0.15, 0.2) is 0 Å². The number of esters is 1. The monoisotopic (exact) mass is 264 g/mol. The molecule has 3 rings (SSSR count). The first kappa shape index (κ1) is 12.7. The summed E-state index contributed by atoms with van der Waals surface area (Å²) in [6.07, 6.45) is 2.76. The van der Waals surface area contributed by atoms with Gasteiger partial charge in [0.2, 0.25) is 0 Å². The first-order chi connectivity index (χ1) is 9.74. The van der Waals surface area contributed by atoms with Gasteiger partial charge in [0.05, 0.1) is 0 Å². The van der Waals surface area contributed by atoms with Crippen molar-refractivity contribution in [2.75, 3.05) is 0 Å². The number of hydrogen-bond acceptors (Lipinski definition) is 2. The van der Waals surface area contributed by atoms with E-state index in [2.05, 4.69) is 24.3 Å². The molecule has 0 amide bonds. The van der Waals surface area contributed by atoms with Crippen molar-refractivity contribution in [3.8, 4) is 0 Å². The molecule has 1 aliphatic carbocycles. The van der Waals surface area contributed by atoms with E-state index in [1.807, 2.05) is 36.4 Å². The molecule has 2 aromatic carbocycles. The minimum Gasteiger partial charge on any atom is -0.457 e. The van der Waals surface area contributed by atoms with Crippen molar-refractivity contribution in [1.29, 1.82) is 0 Å². The number of hydrogen-bond donors (Lipinski definition) is 0. The lowest BCUT2D eigenvalue weighted by molar-refractivity contribution is -0.146. The summed E-state index contributed by atoms with van der Waals surface area (Å²) in [4.78, 5) is 11.2. The number of ether oxygens (including phenoxy) is 1. The van der Waals surface area contributed by atoms with Crippen LogP contribution in [0.3, 0.4) is 0 Å². The van der Waals surface area contributed by atoms with Crippen molar-refractivity contribution in [3.63, 3.8) is 0 Å². The third kappa shape index (κ3) is 2.50. The maximum Gasteiger partial charge on any atom is 0.303 e. The van der Waals surface area contributed by atoms with Crippen LogP contribution >= 0.6 is 0 Å². The second-order valence-electron chi connectivity index (χ2n) is 4.97. The first-order valence-electron chi connectivity index (χ1n) is 6.76. The van der Waals surface area contributed by atoms with Crippen molar-refractivity contribution in [2.24, 2.45) is 0 Å². The molecule has 1 aliphatic rings. The fourth-order valence-corrected chi connectivity index (χ4v) is 2.68. The molecular weight excluding hydrogens is 248 g/mol. The zero-order chi connectivity index (χ0) is 13.9. The Balaban J connectivity index is 1.99. The molecule has 0 N–H and O–H groups in total. The first-order valence-corrected chi connectivity index (χ1v) is 6.76. The SMILES string of the molecule is CC(=O)OC1C/C(=C\c2ccccc2)c2ccccc21. The van der Waals surface area contributed by atoms with Crippen LogP contribution in [0.4, 0.5) is 0 Å². The van der Waals surface area contributed by atoms with E-state index in [1.165, 1.54) is 23.6 Å². The molecule has 0 fully saturated rings. The van der Waals surface area contributed by atoms with Crippen molar-refractivity contribution in [3.05, 3.63) is 71.3 Å². The largest absolute Gasteiger partial charge is 0.457 e. The summed E-state index contributed by atoms with van der Waals surface area (Å²) in [5.41, 5.74) is 4.67. The van der Waals surface area contributed by atoms with E-state index in [0.29, 0.717) is 0 Å². The van der Waals surface area contributed by atoms with Gasteiger partial charge < -0.3 is 4.74 Å². The van der Waals surface area contributed by atoms with E-state index in [-0.39, 0.29) is 12.1 Å². The number of carbonyl (C=O) groups excluding carboxylic acids is 1. The number of rotatable bonds is 2. The molecule has 0 aromatic heterocycles. The lowest BCUT2D eigenvalue weighted by Crippen LogP contribution is -2.04. The molecular formula is C18H16O2. The summed E-state index contributed by atoms with van der Waals surface area (Å²) in [5.74, 6) is -0.231. The quantitative estimate of drug-likeness (QED) is 0.758. The van der Waals surface area contributed by atoms with Gasteiger partial charge in [-0.1, -0.05) is 60.7 Å². The van der Waals surface area contributed by atoms with Crippen LogP contribution in [0.5, 0.6) is 0 Å². The highest BCUT2D eigenvalue weighted by Crippen LogP contribution is 2.42. The van der Waals surface area contributed by atoms with Gasteiger partial charge in [0.25, 0.3) is 0 Å². The van der Waals surface area contributed by atoms with E-state index in [4.69, 9.17) is 4.74 Å². The molecule has 0 radical (unpaired) electrons. The molecule has 0 spiro atoms. The summed E-state index contributed by atoms with van der Waals surface area (Å²) >= 11 is 0. The summed E-state index contributed by atoms with van der Waals surface area (Å²) in [5, 5.41) is 0. The molecule has 1 unspecified atom stereocenters. The predicted molar refractivity (Wildman–Crippen MR) is 79.9 cm³/mol. The summed E-state index contributed by atoms with van der Waals surface area (Å²) in [6.45, 7) is 1.46. The Morgan fingerprint density at radius 3 is 2.55 bits per heavy atom. The second kappa shape index (κ2) is 5.33. The van der Waals surface area contributed by atoms with Gasteiger partial charge in [-0.05, 0) is 16.7 Å². The maximum atomic E-state index is 11.2. The van der Waals surface area contributed by atoms with Crippen LogP contribution in [0.25, 0.3) is 11.6 Å². The zero-order valence-corrected chi connectivity index (χ0v) is 11.4. The Labute approximate surface area is 118 Å². The van der Waals surface area contributed by atoms with Gasteiger partial charge in [-0.3, -0.25) is 4.79 Å². The third-order valence-electron chi connectivity index (χ3n) is 3.51. The fraction of sp³-hybridized carbons (Fsp3) is 0.167. The molecule has 2 nitrogen and oxygen atoms in total. The predicted octanol–water partition coefficient (Wildman–Crippen LogP) is 4.24. The van der Waals surface area contributed by atoms with Crippen LogP contribution in [0, 0.1) is 0 Å². The van der Waals surface area contributed by atoms with Gasteiger partial charge >= 0.3 is 5.97 Å². The number of benzene rings is 2. The lowest BCUT2D eigenvalue weighted by atomic mass is 10.0. The van der Waals surface area contributed by atoms with E-state index in [9.17, 15) is 4.79 Å². The van der Waals surface area contributed by atoms with E-state index < -0.39 is 0 Å². The topological polar surface area (TPSA) is 26.3 Å². The molecule has 0 heterocycles. The van der Waals surface area contributed by atoms with E-state index >= 15 is 0 Å². The molecule has 2 heteroatoms. The Bertz CT molecular complexity index is 656. The standard InChI is InChI=1S/C18H16O2/c1-13(19)20-18-12-15(11-14-7-3-2-4-8-14)16-9-5-6-10-17(16)18/h2-11,18H,12H2,1H3/b15-11+. The van der Waals surface area contributed by atoms with Crippen molar-refractivity contribution >= 4 is 17.6 Å². The zero-order valence-electron chi connectivity index (χ0n) is 11.4. The molecule has 100 valence electrons. The smallest absolute Gasteiger partial charge is 0.303 e. The highest BCUT2D eigenvalue weighted by Gasteiger charge is 2.28. The Kier molecular flexibility index (Phi) is 3.38. The fourth-order valence-electron chi connectivity index (χ4n) is 2.68. The van der Waals surface area contributed by atoms with Crippen molar-refractivity contribution in [1.82, 2.24) is 0 Å². The average Bonchev–Trinajstić information content (AvgIpc) is 2.78. The Morgan fingerprint density at radius 2 is 1.80 bits per heavy atom. The Hall–Kier alpha value is -2.35. The highest BCUT2D eigenvalue weighted by molar-refractivity contribution is 5.86. The maximum absolute atomic E-state index is 11.2. The molecule has 20 heavy (non-hydrogen) atoms. The van der Waals surface area contributed by atoms with Crippen LogP contribution in [0.1, 0.15) is 36.1 Å². The van der Waals surface area contributed by atoms with Gasteiger partial charge in [-0.15, -0.1) is 0 Å². The van der Waals surface area contributed by atoms with Crippen LogP contribution in [-0.2, 0) is 9.53 Å². The van der Waals surface area contributed by atoms with Gasteiger partial charge in [-0.25, -0.2) is 0 Å². The molecule has 2 aromatic rings. The highest BCUT2D eigenvalue weighted by atomic mass is 16.5. The molecule has 0 bridgehead atoms. The van der Waals surface area contributed by atoms with Crippen LogP contribution < -0.4 is 0 Å². The van der Waals surface area contributed by atoms with Crippen molar-refractivity contribution in [2.45, 2.75) is 19.4 Å². The van der Waals surface area contributed by atoms with Crippen molar-refractivity contribution < 1.29 is 9.53 Å². The third-order valence-corrected chi connectivity index (χ3v) is 3.51. The molecule has 0 saturated carbocycles. The van der Waals surface area contributed by atoms with Crippen LogP contribution in [-0.4, -0.2) is 5.97 Å². The van der Waals surface area contributed by atoms with Gasteiger partial charge in [0.1, 0.15) is 6.10 Å². The normalized spacial score (nSPS) is 18.9. The number of fused-ring (bicyclic) bond motifs is 1. The number of carbonyl (C=O) groups is 1. The van der Waals surface area contributed by atoms with Gasteiger partial charge in [0, 0.05) is 18.9 Å². The minimum atomic E-state index is -0.231. The average molecular weight is 264 g/mol.